The van der Waals surface area contributed by atoms with Gasteiger partial charge in [-0.25, -0.2) is 0 Å². The second kappa shape index (κ2) is 5.40. The molecule has 0 fully saturated rings. The molecule has 3 aromatic rings. The fourth-order valence-corrected chi connectivity index (χ4v) is 4.01. The van der Waals surface area contributed by atoms with Crippen molar-refractivity contribution in [1.82, 2.24) is 9.55 Å². The minimum Gasteiger partial charge on any atom is -0.331 e. The zero-order valence-electron chi connectivity index (χ0n) is 9.82. The summed E-state index contributed by atoms with van der Waals surface area (Å²) in [7, 11) is 0. The molecule has 19 heavy (non-hydrogen) atoms. The maximum Gasteiger partial charge on any atom is 0.178 e. The number of rotatable bonds is 3. The van der Waals surface area contributed by atoms with Gasteiger partial charge in [-0.3, -0.25) is 0 Å². The number of nitrogens with one attached hydrogen (secondary N) is 1. The highest BCUT2D eigenvalue weighted by Crippen LogP contribution is 2.24. The number of aromatic nitrogens is 2. The van der Waals surface area contributed by atoms with Crippen LogP contribution < -0.4 is 0 Å². The Kier molecular flexibility index (Phi) is 3.80. The van der Waals surface area contributed by atoms with E-state index in [9.17, 15) is 0 Å². The Bertz CT molecular complexity index is 787. The number of benzene rings is 1. The zero-order valence-corrected chi connectivity index (χ0v) is 13.8. The highest BCUT2D eigenvalue weighted by molar-refractivity contribution is 9.11. The van der Waals surface area contributed by atoms with Crippen molar-refractivity contribution < 1.29 is 0 Å². The van der Waals surface area contributed by atoms with Crippen molar-refractivity contribution in [3.8, 4) is 0 Å². The summed E-state index contributed by atoms with van der Waals surface area (Å²) in [5, 5.41) is 0.720. The predicted octanol–water partition coefficient (Wildman–Crippen LogP) is 5.42. The number of H-pyrrole nitrogens is 1. The first-order valence-electron chi connectivity index (χ1n) is 5.76. The van der Waals surface area contributed by atoms with Gasteiger partial charge in [-0.05, 0) is 64.9 Å². The lowest BCUT2D eigenvalue weighted by Crippen LogP contribution is -2.00. The van der Waals surface area contributed by atoms with E-state index in [1.807, 2.05) is 18.2 Å². The molecule has 0 aliphatic rings. The van der Waals surface area contributed by atoms with E-state index >= 15 is 0 Å². The Hall–Kier alpha value is -0.620. The van der Waals surface area contributed by atoms with E-state index in [1.54, 1.807) is 11.3 Å². The van der Waals surface area contributed by atoms with Gasteiger partial charge in [0.2, 0.25) is 0 Å². The maximum atomic E-state index is 5.99. The van der Waals surface area contributed by atoms with Gasteiger partial charge in [-0.1, -0.05) is 11.6 Å². The minimum atomic E-state index is 0.720. The topological polar surface area (TPSA) is 20.7 Å². The van der Waals surface area contributed by atoms with Gasteiger partial charge in [0.15, 0.2) is 4.77 Å². The van der Waals surface area contributed by atoms with Crippen molar-refractivity contribution >= 4 is 62.1 Å². The summed E-state index contributed by atoms with van der Waals surface area (Å²) in [5.74, 6) is 0. The number of thiophene rings is 1. The van der Waals surface area contributed by atoms with E-state index in [0.717, 1.165) is 37.6 Å². The van der Waals surface area contributed by atoms with Crippen LogP contribution in [0.15, 0.2) is 34.1 Å². The molecule has 0 saturated heterocycles. The lowest BCUT2D eigenvalue weighted by molar-refractivity contribution is 0.712. The van der Waals surface area contributed by atoms with Gasteiger partial charge in [-0.15, -0.1) is 11.3 Å². The zero-order chi connectivity index (χ0) is 13.4. The molecule has 2 nitrogen and oxygen atoms in total. The predicted molar refractivity (Wildman–Crippen MR) is 87.9 cm³/mol. The van der Waals surface area contributed by atoms with Crippen molar-refractivity contribution in [2.45, 2.75) is 13.0 Å². The van der Waals surface area contributed by atoms with E-state index in [4.69, 9.17) is 23.8 Å². The number of aryl methyl sites for hydroxylation is 2. The van der Waals surface area contributed by atoms with E-state index in [2.05, 4.69) is 37.6 Å². The Morgan fingerprint density at radius 2 is 2.16 bits per heavy atom. The van der Waals surface area contributed by atoms with Crippen LogP contribution in [0.3, 0.4) is 0 Å². The lowest BCUT2D eigenvalue weighted by atomic mass is 10.3. The summed E-state index contributed by atoms with van der Waals surface area (Å²) in [6.45, 7) is 0.868. The third-order valence-corrected chi connectivity index (χ3v) is 5.19. The van der Waals surface area contributed by atoms with Gasteiger partial charge in [0.25, 0.3) is 0 Å². The quantitative estimate of drug-likeness (QED) is 0.608. The largest absolute Gasteiger partial charge is 0.331 e. The molecular weight excluding hydrogens is 364 g/mol. The van der Waals surface area contributed by atoms with E-state index in [0.29, 0.717) is 0 Å². The molecule has 0 aliphatic carbocycles. The van der Waals surface area contributed by atoms with Crippen LogP contribution in [0.2, 0.25) is 5.02 Å². The number of imidazole rings is 1. The van der Waals surface area contributed by atoms with Crippen molar-refractivity contribution in [3.63, 3.8) is 0 Å². The molecule has 98 valence electrons. The second-order valence-corrected chi connectivity index (χ2v) is 7.57. The fourth-order valence-electron chi connectivity index (χ4n) is 2.07. The summed E-state index contributed by atoms with van der Waals surface area (Å²) in [6.07, 6.45) is 0.972. The van der Waals surface area contributed by atoms with Gasteiger partial charge < -0.3 is 9.55 Å². The minimum absolute atomic E-state index is 0.720. The number of nitrogens with zero attached hydrogens (tertiary/aromatic N) is 1. The Morgan fingerprint density at radius 3 is 2.89 bits per heavy atom. The van der Waals surface area contributed by atoms with Crippen LogP contribution >= 0.6 is 51.1 Å². The third-order valence-electron chi connectivity index (χ3n) is 2.95. The molecule has 0 aliphatic heterocycles. The molecule has 0 unspecified atom stereocenters. The fraction of sp³-hybridized carbons (Fsp3) is 0.154. The molecule has 0 radical (unpaired) electrons. The Labute approximate surface area is 133 Å². The highest BCUT2D eigenvalue weighted by atomic mass is 79.9. The number of hydrogen-bond acceptors (Lipinski definition) is 2. The third kappa shape index (κ3) is 2.79. The van der Waals surface area contributed by atoms with Gasteiger partial charge in [0.05, 0.1) is 14.8 Å². The van der Waals surface area contributed by atoms with Crippen LogP contribution in [0.4, 0.5) is 0 Å². The summed E-state index contributed by atoms with van der Waals surface area (Å²) < 4.78 is 4.03. The molecule has 0 amide bonds. The molecule has 3 rings (SSSR count). The molecule has 0 saturated carbocycles. The van der Waals surface area contributed by atoms with Gasteiger partial charge in [0.1, 0.15) is 0 Å². The molecule has 1 aromatic carbocycles. The molecular formula is C13H10BrClN2S2. The van der Waals surface area contributed by atoms with Gasteiger partial charge in [0, 0.05) is 16.4 Å². The highest BCUT2D eigenvalue weighted by Gasteiger charge is 2.06. The molecule has 0 bridgehead atoms. The molecule has 2 aromatic heterocycles. The number of fused-ring (bicyclic) bond motifs is 1. The Balaban J connectivity index is 1.92. The van der Waals surface area contributed by atoms with Crippen LogP contribution in [0, 0.1) is 4.77 Å². The smallest absolute Gasteiger partial charge is 0.178 e. The van der Waals surface area contributed by atoms with Crippen molar-refractivity contribution in [1.29, 1.82) is 0 Å². The molecule has 6 heteroatoms. The first-order chi connectivity index (χ1) is 9.13. The first-order valence-corrected chi connectivity index (χ1v) is 8.15. The second-order valence-electron chi connectivity index (χ2n) is 4.20. The summed E-state index contributed by atoms with van der Waals surface area (Å²) in [6, 6.07) is 10.0. The standard InChI is InChI=1S/C13H10BrClN2S2/c14-12-4-2-9(19-12)5-6-17-11-3-1-8(15)7-10(11)16-13(17)18/h1-4,7H,5-6H2,(H,16,18). The van der Waals surface area contributed by atoms with Gasteiger partial charge in [-0.2, -0.15) is 0 Å². The number of hydrogen-bond donors (Lipinski definition) is 1. The number of aromatic amines is 1. The lowest BCUT2D eigenvalue weighted by Gasteiger charge is -2.03. The van der Waals surface area contributed by atoms with Crippen molar-refractivity contribution in [2.24, 2.45) is 0 Å². The van der Waals surface area contributed by atoms with Crippen LogP contribution in [0.5, 0.6) is 0 Å². The average molecular weight is 374 g/mol. The van der Waals surface area contributed by atoms with Crippen molar-refractivity contribution in [2.75, 3.05) is 0 Å². The van der Waals surface area contributed by atoms with Gasteiger partial charge >= 0.3 is 0 Å². The normalized spacial score (nSPS) is 11.3. The van der Waals surface area contributed by atoms with E-state index in [-0.39, 0.29) is 0 Å². The maximum absolute atomic E-state index is 5.99. The average Bonchev–Trinajstić information content (AvgIpc) is 2.89. The van der Waals surface area contributed by atoms with Crippen LogP contribution in [-0.2, 0) is 13.0 Å². The van der Waals surface area contributed by atoms with Crippen molar-refractivity contribution in [3.05, 3.63) is 48.8 Å². The van der Waals surface area contributed by atoms with Crippen LogP contribution in [0.25, 0.3) is 11.0 Å². The molecule has 0 atom stereocenters. The summed E-state index contributed by atoms with van der Waals surface area (Å²) >= 11 is 16.6. The molecule has 2 heterocycles. The first kappa shape index (κ1) is 13.4. The summed E-state index contributed by atoms with van der Waals surface area (Å²) in [4.78, 5) is 4.54. The molecule has 1 N–H and O–H groups in total. The SMILES string of the molecule is S=c1[nH]c2cc(Cl)ccc2n1CCc1ccc(Br)s1. The monoisotopic (exact) mass is 372 g/mol. The number of halogens is 2. The molecule has 0 spiro atoms. The van der Waals surface area contributed by atoms with E-state index < -0.39 is 0 Å². The summed E-state index contributed by atoms with van der Waals surface area (Å²) in [5.41, 5.74) is 2.09. The Morgan fingerprint density at radius 1 is 1.32 bits per heavy atom. The van der Waals surface area contributed by atoms with Crippen LogP contribution in [-0.4, -0.2) is 9.55 Å². The van der Waals surface area contributed by atoms with E-state index in [1.165, 1.54) is 4.88 Å². The van der Waals surface area contributed by atoms with Crippen LogP contribution in [0.1, 0.15) is 4.88 Å².